The van der Waals surface area contributed by atoms with Gasteiger partial charge in [-0.3, -0.25) is 4.99 Å². The number of hydrogen-bond acceptors (Lipinski definition) is 3. The number of hydrogen-bond donors (Lipinski definition) is 1. The molecule has 0 aromatic heterocycles. The Kier molecular flexibility index (Phi) is 3.84. The molecule has 1 N–H and O–H groups in total. The van der Waals surface area contributed by atoms with Crippen molar-refractivity contribution in [1.29, 1.82) is 0 Å². The Morgan fingerprint density at radius 1 is 1.24 bits per heavy atom. The maximum absolute atomic E-state index is 11.5. The largest absolute Gasteiger partial charge is 0.356 e. The lowest BCUT2D eigenvalue weighted by molar-refractivity contribution is -0.0668. The van der Waals surface area contributed by atoms with E-state index in [-0.39, 0.29) is 22.1 Å². The molecule has 21 heavy (non-hydrogen) atoms. The van der Waals surface area contributed by atoms with E-state index in [9.17, 15) is 8.42 Å². The molecule has 1 aliphatic carbocycles. The minimum Gasteiger partial charge on any atom is -0.356 e. The third-order valence-electron chi connectivity index (χ3n) is 5.50. The van der Waals surface area contributed by atoms with Crippen LogP contribution < -0.4 is 5.32 Å². The summed E-state index contributed by atoms with van der Waals surface area (Å²) in [7, 11) is -1.13. The van der Waals surface area contributed by atoms with Crippen molar-refractivity contribution in [1.82, 2.24) is 10.2 Å². The van der Waals surface area contributed by atoms with Gasteiger partial charge in [0.25, 0.3) is 0 Å². The number of nitrogens with zero attached hydrogens (tertiary/aromatic N) is 2. The highest BCUT2D eigenvalue weighted by molar-refractivity contribution is 7.90. The highest BCUT2D eigenvalue weighted by atomic mass is 32.2. The highest BCUT2D eigenvalue weighted by Gasteiger charge is 2.54. The van der Waals surface area contributed by atoms with Crippen molar-refractivity contribution in [3.63, 3.8) is 0 Å². The number of nitrogens with one attached hydrogen (secondary N) is 1. The van der Waals surface area contributed by atoms with Crippen LogP contribution in [0.3, 0.4) is 0 Å². The van der Waals surface area contributed by atoms with Crippen LogP contribution in [0.5, 0.6) is 0 Å². The molecule has 2 aliphatic rings. The molecule has 0 aromatic rings. The van der Waals surface area contributed by atoms with Crippen molar-refractivity contribution in [2.24, 2.45) is 15.8 Å². The summed E-state index contributed by atoms with van der Waals surface area (Å²) < 4.78 is 23.0. The Bertz CT molecular complexity index is 545. The number of rotatable bonds is 4. The van der Waals surface area contributed by atoms with E-state index in [2.05, 4.69) is 42.9 Å². The second kappa shape index (κ2) is 4.86. The summed E-state index contributed by atoms with van der Waals surface area (Å²) in [5.41, 5.74) is 0.241. The van der Waals surface area contributed by atoms with Crippen molar-refractivity contribution in [2.45, 2.75) is 46.1 Å². The first-order valence-electron chi connectivity index (χ1n) is 7.59. The van der Waals surface area contributed by atoms with Crippen molar-refractivity contribution in [3.05, 3.63) is 0 Å². The molecule has 1 saturated carbocycles. The first-order chi connectivity index (χ1) is 9.43. The standard InChI is InChI=1S/C15H29N3O2S/c1-13(2)10-18(14(13,3)4)12(16-5)17-9-15(7-8-15)11-21(6,19)20/h7-11H2,1-6H3,(H,16,17). The molecule has 2 fully saturated rings. The summed E-state index contributed by atoms with van der Waals surface area (Å²) in [5, 5.41) is 3.40. The van der Waals surface area contributed by atoms with Crippen LogP contribution in [0, 0.1) is 10.8 Å². The predicted molar refractivity (Wildman–Crippen MR) is 87.3 cm³/mol. The fraction of sp³-hybridized carbons (Fsp3) is 0.933. The van der Waals surface area contributed by atoms with Crippen LogP contribution in [0.1, 0.15) is 40.5 Å². The Morgan fingerprint density at radius 3 is 2.14 bits per heavy atom. The van der Waals surface area contributed by atoms with E-state index in [0.29, 0.717) is 6.54 Å². The van der Waals surface area contributed by atoms with Crippen molar-refractivity contribution >= 4 is 15.8 Å². The third kappa shape index (κ3) is 3.20. The molecule has 0 radical (unpaired) electrons. The third-order valence-corrected chi connectivity index (χ3v) is 6.64. The van der Waals surface area contributed by atoms with Gasteiger partial charge < -0.3 is 10.2 Å². The molecule has 122 valence electrons. The molecular formula is C15H29N3O2S. The van der Waals surface area contributed by atoms with E-state index in [1.807, 2.05) is 0 Å². The lowest BCUT2D eigenvalue weighted by Crippen LogP contribution is -2.72. The van der Waals surface area contributed by atoms with E-state index in [1.165, 1.54) is 6.26 Å². The van der Waals surface area contributed by atoms with Crippen LogP contribution in [-0.4, -0.2) is 57.0 Å². The van der Waals surface area contributed by atoms with E-state index in [4.69, 9.17) is 0 Å². The normalized spacial score (nSPS) is 26.2. The smallest absolute Gasteiger partial charge is 0.194 e. The maximum Gasteiger partial charge on any atom is 0.194 e. The monoisotopic (exact) mass is 315 g/mol. The molecule has 0 atom stereocenters. The highest BCUT2D eigenvalue weighted by Crippen LogP contribution is 2.48. The topological polar surface area (TPSA) is 61.8 Å². The summed E-state index contributed by atoms with van der Waals surface area (Å²) in [4.78, 5) is 6.66. The van der Waals surface area contributed by atoms with E-state index >= 15 is 0 Å². The molecule has 0 unspecified atom stereocenters. The summed E-state index contributed by atoms with van der Waals surface area (Å²) in [6, 6.07) is 0. The second-order valence-electron chi connectivity index (χ2n) is 8.00. The zero-order chi connectivity index (χ0) is 16.1. The van der Waals surface area contributed by atoms with Gasteiger partial charge in [0.2, 0.25) is 0 Å². The average Bonchev–Trinajstić information content (AvgIpc) is 3.06. The molecular weight excluding hydrogens is 286 g/mol. The number of guanidine groups is 1. The van der Waals surface area contributed by atoms with E-state index in [0.717, 1.165) is 25.3 Å². The quantitative estimate of drug-likeness (QED) is 0.631. The van der Waals surface area contributed by atoms with E-state index in [1.54, 1.807) is 7.05 Å². The van der Waals surface area contributed by atoms with Gasteiger partial charge in [-0.05, 0) is 26.7 Å². The lowest BCUT2D eigenvalue weighted by atomic mass is 9.65. The molecule has 5 nitrogen and oxygen atoms in total. The molecule has 6 heteroatoms. The number of sulfone groups is 1. The van der Waals surface area contributed by atoms with Gasteiger partial charge in [-0.25, -0.2) is 8.42 Å². The van der Waals surface area contributed by atoms with Gasteiger partial charge in [0.1, 0.15) is 9.84 Å². The average molecular weight is 315 g/mol. The molecule has 1 aliphatic heterocycles. The van der Waals surface area contributed by atoms with Crippen molar-refractivity contribution in [3.8, 4) is 0 Å². The molecule has 0 aromatic carbocycles. The fourth-order valence-electron chi connectivity index (χ4n) is 3.07. The van der Waals surface area contributed by atoms with Gasteiger partial charge in [-0.1, -0.05) is 13.8 Å². The number of likely N-dealkylation sites (tertiary alicyclic amines) is 1. The SMILES string of the molecule is CN=C(NCC1(CS(C)(=O)=O)CC1)N1CC(C)(C)C1(C)C. The summed E-state index contributed by atoms with van der Waals surface area (Å²) >= 11 is 0. The van der Waals surface area contributed by atoms with Crippen molar-refractivity contribution < 1.29 is 8.42 Å². The van der Waals surface area contributed by atoms with Crippen molar-refractivity contribution in [2.75, 3.05) is 32.1 Å². The molecule has 1 saturated heterocycles. The summed E-state index contributed by atoms with van der Waals surface area (Å²) in [6.07, 6.45) is 3.29. The first-order valence-corrected chi connectivity index (χ1v) is 9.65. The van der Waals surface area contributed by atoms with Crippen LogP contribution >= 0.6 is 0 Å². The Balaban J connectivity index is 1.97. The Hall–Kier alpha value is -0.780. The van der Waals surface area contributed by atoms with E-state index < -0.39 is 9.84 Å². The minimum atomic E-state index is -2.92. The van der Waals surface area contributed by atoms with Gasteiger partial charge in [0, 0.05) is 42.8 Å². The summed E-state index contributed by atoms with van der Waals surface area (Å²) in [6.45, 7) is 10.7. The second-order valence-corrected chi connectivity index (χ2v) is 10.1. The molecule has 0 bridgehead atoms. The fourth-order valence-corrected chi connectivity index (χ4v) is 4.57. The van der Waals surface area contributed by atoms with Crippen LogP contribution in [0.2, 0.25) is 0 Å². The first kappa shape index (κ1) is 16.6. The molecule has 0 amide bonds. The molecule has 0 spiro atoms. The predicted octanol–water partition coefficient (Wildman–Crippen LogP) is 1.51. The summed E-state index contributed by atoms with van der Waals surface area (Å²) in [5.74, 6) is 1.16. The maximum atomic E-state index is 11.5. The lowest BCUT2D eigenvalue weighted by Gasteiger charge is -2.62. The van der Waals surface area contributed by atoms with Gasteiger partial charge in [-0.15, -0.1) is 0 Å². The van der Waals surface area contributed by atoms with Gasteiger partial charge in [0.05, 0.1) is 5.75 Å². The van der Waals surface area contributed by atoms with Crippen LogP contribution in [0.15, 0.2) is 4.99 Å². The zero-order valence-corrected chi connectivity index (χ0v) is 15.0. The van der Waals surface area contributed by atoms with Gasteiger partial charge in [0.15, 0.2) is 5.96 Å². The van der Waals surface area contributed by atoms with Crippen LogP contribution in [-0.2, 0) is 9.84 Å². The molecule has 2 rings (SSSR count). The zero-order valence-electron chi connectivity index (χ0n) is 14.2. The molecule has 1 heterocycles. The Labute approximate surface area is 129 Å². The Morgan fingerprint density at radius 2 is 1.81 bits per heavy atom. The minimum absolute atomic E-state index is 0.0579. The van der Waals surface area contributed by atoms with Crippen LogP contribution in [0.4, 0.5) is 0 Å². The van der Waals surface area contributed by atoms with Crippen LogP contribution in [0.25, 0.3) is 0 Å². The van der Waals surface area contributed by atoms with Gasteiger partial charge >= 0.3 is 0 Å². The number of aliphatic imine (C=N–C) groups is 1. The van der Waals surface area contributed by atoms with Gasteiger partial charge in [-0.2, -0.15) is 0 Å².